The van der Waals surface area contributed by atoms with E-state index in [1.165, 1.54) is 12.4 Å². The normalized spacial score (nSPS) is 12.0. The van der Waals surface area contributed by atoms with E-state index in [1.807, 2.05) is 13.8 Å². The largest absolute Gasteiger partial charge is 0.243 e. The minimum atomic E-state index is -3.51. The minimum absolute atomic E-state index is 0.0284. The molecule has 0 aliphatic carbocycles. The van der Waals surface area contributed by atoms with Crippen LogP contribution in [0.15, 0.2) is 17.3 Å². The highest BCUT2D eigenvalue weighted by molar-refractivity contribution is 7.89. The van der Waals surface area contributed by atoms with Crippen LogP contribution < -0.4 is 4.72 Å². The quantitative estimate of drug-likeness (QED) is 0.817. The Hall–Kier alpha value is -0.720. The second-order valence-corrected chi connectivity index (χ2v) is 5.87. The smallest absolute Gasteiger partial charge is 0.225 e. The van der Waals surface area contributed by atoms with Gasteiger partial charge in [-0.15, -0.1) is 0 Å². The van der Waals surface area contributed by atoms with E-state index in [9.17, 15) is 8.42 Å². The van der Waals surface area contributed by atoms with Crippen molar-refractivity contribution < 1.29 is 8.42 Å². The maximum absolute atomic E-state index is 11.7. The van der Waals surface area contributed by atoms with Crippen molar-refractivity contribution in [1.82, 2.24) is 14.7 Å². The molecule has 0 bridgehead atoms. The van der Waals surface area contributed by atoms with Crippen molar-refractivity contribution in [1.29, 1.82) is 0 Å². The molecule has 0 aliphatic heterocycles. The molecule has 0 radical (unpaired) electrons. The molecular weight excluding hydrogens is 250 g/mol. The highest BCUT2D eigenvalue weighted by Gasteiger charge is 2.14. The average Bonchev–Trinajstić information content (AvgIpc) is 2.17. The van der Waals surface area contributed by atoms with E-state index in [4.69, 9.17) is 11.6 Å². The molecule has 1 aromatic rings. The molecule has 16 heavy (non-hydrogen) atoms. The topological polar surface area (TPSA) is 72.0 Å². The van der Waals surface area contributed by atoms with Crippen LogP contribution in [0.1, 0.15) is 20.3 Å². The first kappa shape index (κ1) is 13.3. The van der Waals surface area contributed by atoms with Crippen molar-refractivity contribution in [2.45, 2.75) is 25.2 Å². The minimum Gasteiger partial charge on any atom is -0.225 e. The van der Waals surface area contributed by atoms with Crippen LogP contribution in [-0.4, -0.2) is 24.9 Å². The van der Waals surface area contributed by atoms with Gasteiger partial charge >= 0.3 is 0 Å². The fraction of sp³-hybridized carbons (Fsp3) is 0.556. The second-order valence-electron chi connectivity index (χ2n) is 3.77. The van der Waals surface area contributed by atoms with Crippen LogP contribution in [0.3, 0.4) is 0 Å². The van der Waals surface area contributed by atoms with E-state index in [2.05, 4.69) is 14.7 Å². The summed E-state index contributed by atoms with van der Waals surface area (Å²) in [4.78, 5) is 7.28. The van der Waals surface area contributed by atoms with Gasteiger partial charge in [-0.25, -0.2) is 23.1 Å². The molecule has 1 aromatic heterocycles. The van der Waals surface area contributed by atoms with Crippen molar-refractivity contribution in [3.8, 4) is 0 Å². The van der Waals surface area contributed by atoms with Gasteiger partial charge in [0.15, 0.2) is 0 Å². The SMILES string of the molecule is CC(C)CCNS(=O)(=O)c1cnc(Cl)nc1. The molecule has 0 aliphatic rings. The highest BCUT2D eigenvalue weighted by atomic mass is 35.5. The summed E-state index contributed by atoms with van der Waals surface area (Å²) in [5.41, 5.74) is 0. The Morgan fingerprint density at radius 2 is 1.94 bits per heavy atom. The predicted molar refractivity (Wildman–Crippen MR) is 61.7 cm³/mol. The summed E-state index contributed by atoms with van der Waals surface area (Å²) in [5, 5.41) is 0.0288. The number of aromatic nitrogens is 2. The number of rotatable bonds is 5. The van der Waals surface area contributed by atoms with Gasteiger partial charge in [0.25, 0.3) is 0 Å². The van der Waals surface area contributed by atoms with E-state index in [0.717, 1.165) is 6.42 Å². The van der Waals surface area contributed by atoms with Crippen LogP contribution in [0.2, 0.25) is 5.28 Å². The first-order chi connectivity index (χ1) is 7.42. The van der Waals surface area contributed by atoms with Gasteiger partial charge in [-0.1, -0.05) is 13.8 Å². The third-order valence-electron chi connectivity index (χ3n) is 1.92. The van der Waals surface area contributed by atoms with E-state index < -0.39 is 10.0 Å². The number of nitrogens with zero attached hydrogens (tertiary/aromatic N) is 2. The molecule has 0 aromatic carbocycles. The average molecular weight is 264 g/mol. The van der Waals surface area contributed by atoms with E-state index in [0.29, 0.717) is 12.5 Å². The lowest BCUT2D eigenvalue weighted by Gasteiger charge is -2.07. The Balaban J connectivity index is 2.67. The van der Waals surface area contributed by atoms with Crippen molar-refractivity contribution in [2.24, 2.45) is 5.92 Å². The van der Waals surface area contributed by atoms with Crippen LogP contribution in [0.4, 0.5) is 0 Å². The third-order valence-corrected chi connectivity index (χ3v) is 3.53. The van der Waals surface area contributed by atoms with E-state index in [1.54, 1.807) is 0 Å². The number of halogens is 1. The van der Waals surface area contributed by atoms with Gasteiger partial charge in [0.1, 0.15) is 4.90 Å². The Morgan fingerprint density at radius 1 is 1.38 bits per heavy atom. The van der Waals surface area contributed by atoms with Gasteiger partial charge in [-0.05, 0) is 23.9 Å². The fourth-order valence-corrected chi connectivity index (χ4v) is 2.04. The number of nitrogens with one attached hydrogen (secondary N) is 1. The van der Waals surface area contributed by atoms with Crippen LogP contribution >= 0.6 is 11.6 Å². The first-order valence-corrected chi connectivity index (χ1v) is 6.75. The van der Waals surface area contributed by atoms with Gasteiger partial charge in [-0.3, -0.25) is 0 Å². The van der Waals surface area contributed by atoms with Crippen molar-refractivity contribution in [3.63, 3.8) is 0 Å². The highest BCUT2D eigenvalue weighted by Crippen LogP contribution is 2.08. The summed E-state index contributed by atoms with van der Waals surface area (Å²) in [6.07, 6.45) is 3.16. The summed E-state index contributed by atoms with van der Waals surface area (Å²) in [5.74, 6) is 0.448. The van der Waals surface area contributed by atoms with E-state index >= 15 is 0 Å². The van der Waals surface area contributed by atoms with Crippen LogP contribution in [0, 0.1) is 5.92 Å². The van der Waals surface area contributed by atoms with Gasteiger partial charge in [-0.2, -0.15) is 0 Å². The predicted octanol–water partition coefficient (Wildman–Crippen LogP) is 1.45. The Morgan fingerprint density at radius 3 is 2.44 bits per heavy atom. The lowest BCUT2D eigenvalue weighted by Crippen LogP contribution is -2.25. The van der Waals surface area contributed by atoms with Crippen molar-refractivity contribution >= 4 is 21.6 Å². The molecule has 1 heterocycles. The molecule has 0 saturated heterocycles. The first-order valence-electron chi connectivity index (χ1n) is 4.89. The lowest BCUT2D eigenvalue weighted by molar-refractivity contribution is 0.551. The molecule has 0 atom stereocenters. The fourth-order valence-electron chi connectivity index (χ4n) is 1.00. The van der Waals surface area contributed by atoms with Gasteiger partial charge in [0.05, 0.1) is 12.4 Å². The Kier molecular flexibility index (Phi) is 4.64. The summed E-state index contributed by atoms with van der Waals surface area (Å²) < 4.78 is 25.9. The molecule has 0 amide bonds. The van der Waals surface area contributed by atoms with Crippen molar-refractivity contribution in [2.75, 3.05) is 6.54 Å². The zero-order chi connectivity index (χ0) is 12.2. The van der Waals surface area contributed by atoms with Crippen LogP contribution in [0.25, 0.3) is 0 Å². The molecule has 0 saturated carbocycles. The molecule has 0 spiro atoms. The number of hydrogen-bond donors (Lipinski definition) is 1. The number of hydrogen-bond acceptors (Lipinski definition) is 4. The maximum Gasteiger partial charge on any atom is 0.243 e. The molecule has 0 fully saturated rings. The molecule has 7 heteroatoms. The van der Waals surface area contributed by atoms with Gasteiger partial charge < -0.3 is 0 Å². The Labute approximate surface area is 100 Å². The second kappa shape index (κ2) is 5.56. The zero-order valence-corrected chi connectivity index (χ0v) is 10.7. The summed E-state index contributed by atoms with van der Waals surface area (Å²) in [7, 11) is -3.51. The third kappa shape index (κ3) is 4.03. The summed E-state index contributed by atoms with van der Waals surface area (Å²) in [6.45, 7) is 4.46. The lowest BCUT2D eigenvalue weighted by atomic mass is 10.1. The Bertz CT molecular complexity index is 431. The van der Waals surface area contributed by atoms with Crippen molar-refractivity contribution in [3.05, 3.63) is 17.7 Å². The standard InChI is InChI=1S/C9H14ClN3O2S/c1-7(2)3-4-13-16(14,15)8-5-11-9(10)12-6-8/h5-7,13H,3-4H2,1-2H3. The summed E-state index contributed by atoms with van der Waals surface area (Å²) >= 11 is 5.47. The van der Waals surface area contributed by atoms with Gasteiger partial charge in [0, 0.05) is 6.54 Å². The molecule has 0 unspecified atom stereocenters. The van der Waals surface area contributed by atoms with Gasteiger partial charge in [0.2, 0.25) is 15.3 Å². The monoisotopic (exact) mass is 263 g/mol. The van der Waals surface area contributed by atoms with Crippen LogP contribution in [0.5, 0.6) is 0 Å². The zero-order valence-electron chi connectivity index (χ0n) is 9.14. The summed E-state index contributed by atoms with van der Waals surface area (Å²) in [6, 6.07) is 0. The maximum atomic E-state index is 11.7. The molecule has 5 nitrogen and oxygen atoms in total. The van der Waals surface area contributed by atoms with E-state index in [-0.39, 0.29) is 10.2 Å². The molecule has 1 N–H and O–H groups in total. The molecular formula is C9H14ClN3O2S. The van der Waals surface area contributed by atoms with Crippen LogP contribution in [-0.2, 0) is 10.0 Å². The molecule has 90 valence electrons. The number of sulfonamides is 1. The molecule has 1 rings (SSSR count).